The summed E-state index contributed by atoms with van der Waals surface area (Å²) < 4.78 is 43.6. The largest absolute Gasteiger partial charge is 0.411 e. The van der Waals surface area contributed by atoms with Gasteiger partial charge in [-0.05, 0) is 64.7 Å². The maximum absolute atomic E-state index is 12.6. The fourth-order valence-corrected chi connectivity index (χ4v) is 3.87. The molecule has 1 saturated carbocycles. The molecule has 0 bridgehead atoms. The third-order valence-electron chi connectivity index (χ3n) is 5.89. The van der Waals surface area contributed by atoms with E-state index in [1.54, 1.807) is 6.92 Å². The Morgan fingerprint density at radius 3 is 2.54 bits per heavy atom. The van der Waals surface area contributed by atoms with Crippen molar-refractivity contribution in [3.8, 4) is 6.07 Å². The number of nitrogens with zero attached hydrogens (tertiary/aromatic N) is 2. The van der Waals surface area contributed by atoms with Gasteiger partial charge in [0.1, 0.15) is 5.60 Å². The summed E-state index contributed by atoms with van der Waals surface area (Å²) in [7, 11) is 1.47. The van der Waals surface area contributed by atoms with Gasteiger partial charge in [0.2, 0.25) is 0 Å². The van der Waals surface area contributed by atoms with Crippen molar-refractivity contribution in [1.29, 1.82) is 5.26 Å². The number of hydrogen-bond donors (Lipinski definition) is 5. The van der Waals surface area contributed by atoms with Crippen molar-refractivity contribution in [3.63, 3.8) is 0 Å². The lowest BCUT2D eigenvalue weighted by atomic mass is 9.93. The molecule has 6 N–H and O–H groups in total. The van der Waals surface area contributed by atoms with Gasteiger partial charge in [-0.15, -0.1) is 0 Å². The first-order chi connectivity index (χ1) is 16.6. The summed E-state index contributed by atoms with van der Waals surface area (Å²) in [5.74, 6) is 0.189. The third kappa shape index (κ3) is 11.2. The average molecular weight is 500 g/mol. The Kier molecular flexibility index (Phi) is 13.5. The van der Waals surface area contributed by atoms with E-state index in [1.165, 1.54) is 13.3 Å². The van der Waals surface area contributed by atoms with Gasteiger partial charge in [0.15, 0.2) is 5.96 Å². The minimum atomic E-state index is -4.45. The predicted octanol–water partition coefficient (Wildman–Crippen LogP) is 3.17. The zero-order chi connectivity index (χ0) is 26.3. The van der Waals surface area contributed by atoms with Gasteiger partial charge in [0.25, 0.3) is 0 Å². The number of alkyl halides is 3. The molecule has 3 atom stereocenters. The first-order valence-electron chi connectivity index (χ1n) is 11.9. The molecule has 0 aliphatic heterocycles. The molecular formula is C24H40F3N7O. The SMILES string of the molecule is C=CN/C(CC)=C(\C#N)C(C)(CN=C(N/C=C/C(F)(F)F)N[C@H]1CC[C@H](NCCCCN)C1)OC. The van der Waals surface area contributed by atoms with Crippen molar-refractivity contribution in [1.82, 2.24) is 21.3 Å². The summed E-state index contributed by atoms with van der Waals surface area (Å²) in [6, 6.07) is 2.55. The van der Waals surface area contributed by atoms with Crippen molar-refractivity contribution in [2.45, 2.75) is 76.2 Å². The maximum atomic E-state index is 12.6. The summed E-state index contributed by atoms with van der Waals surface area (Å²) in [6.07, 6.45) is 3.09. The van der Waals surface area contributed by atoms with Crippen LogP contribution in [-0.4, -0.2) is 56.6 Å². The highest BCUT2D eigenvalue weighted by Gasteiger charge is 2.32. The third-order valence-corrected chi connectivity index (χ3v) is 5.89. The number of nitriles is 1. The second-order valence-corrected chi connectivity index (χ2v) is 8.59. The fraction of sp³-hybridized carbons (Fsp3) is 0.667. The van der Waals surface area contributed by atoms with Crippen molar-refractivity contribution < 1.29 is 17.9 Å². The highest BCUT2D eigenvalue weighted by atomic mass is 19.4. The molecule has 1 rings (SSSR count). The first kappa shape index (κ1) is 30.5. The first-order valence-corrected chi connectivity index (χ1v) is 11.9. The normalized spacial score (nSPS) is 21.3. The topological polar surface area (TPSA) is 120 Å². The highest BCUT2D eigenvalue weighted by Crippen LogP contribution is 2.25. The molecule has 0 saturated heterocycles. The molecule has 1 fully saturated rings. The number of halogens is 3. The van der Waals surface area contributed by atoms with Crippen LogP contribution in [0.4, 0.5) is 13.2 Å². The van der Waals surface area contributed by atoms with E-state index in [-0.39, 0.29) is 24.6 Å². The number of methoxy groups -OCH3 is 1. The van der Waals surface area contributed by atoms with E-state index in [9.17, 15) is 18.4 Å². The van der Waals surface area contributed by atoms with Crippen molar-refractivity contribution >= 4 is 5.96 Å². The van der Waals surface area contributed by atoms with E-state index < -0.39 is 11.8 Å². The van der Waals surface area contributed by atoms with Crippen LogP contribution in [0.15, 0.2) is 41.3 Å². The molecular weight excluding hydrogens is 459 g/mol. The van der Waals surface area contributed by atoms with Crippen LogP contribution >= 0.6 is 0 Å². The van der Waals surface area contributed by atoms with Crippen LogP contribution in [0.2, 0.25) is 0 Å². The second kappa shape index (κ2) is 15.4. The van der Waals surface area contributed by atoms with E-state index in [4.69, 9.17) is 10.5 Å². The number of hydrogen-bond acceptors (Lipinski definition) is 6. The van der Waals surface area contributed by atoms with Gasteiger partial charge in [-0.25, -0.2) is 4.99 Å². The Hall–Kier alpha value is -2.55. The number of aliphatic imine (C=N–C) groups is 1. The van der Waals surface area contributed by atoms with Gasteiger partial charge in [-0.3, -0.25) is 0 Å². The molecule has 11 heteroatoms. The lowest BCUT2D eigenvalue weighted by Crippen LogP contribution is -2.43. The molecule has 0 aromatic heterocycles. The minimum Gasteiger partial charge on any atom is -0.371 e. The van der Waals surface area contributed by atoms with Gasteiger partial charge in [-0.2, -0.15) is 18.4 Å². The van der Waals surface area contributed by atoms with Crippen LogP contribution < -0.4 is 27.0 Å². The number of guanidine groups is 1. The van der Waals surface area contributed by atoms with Gasteiger partial charge in [0, 0.05) is 37.2 Å². The van der Waals surface area contributed by atoms with Crippen LogP contribution in [-0.2, 0) is 4.74 Å². The molecule has 198 valence electrons. The minimum absolute atomic E-state index is 0.0113. The number of nitrogens with one attached hydrogen (secondary N) is 4. The second-order valence-electron chi connectivity index (χ2n) is 8.59. The summed E-state index contributed by atoms with van der Waals surface area (Å²) in [4.78, 5) is 4.48. The van der Waals surface area contributed by atoms with Crippen LogP contribution in [0.5, 0.6) is 0 Å². The summed E-state index contributed by atoms with van der Waals surface area (Å²) >= 11 is 0. The van der Waals surface area contributed by atoms with Crippen molar-refractivity contribution in [3.05, 3.63) is 36.3 Å². The molecule has 1 unspecified atom stereocenters. The van der Waals surface area contributed by atoms with Gasteiger partial charge in [0.05, 0.1) is 18.2 Å². The van der Waals surface area contributed by atoms with Gasteiger partial charge < -0.3 is 31.7 Å². The molecule has 0 radical (unpaired) electrons. The van der Waals surface area contributed by atoms with Gasteiger partial charge in [-0.1, -0.05) is 13.5 Å². The Morgan fingerprint density at radius 2 is 1.97 bits per heavy atom. The van der Waals surface area contributed by atoms with Crippen molar-refractivity contribution in [2.24, 2.45) is 10.7 Å². The summed E-state index contributed by atoms with van der Waals surface area (Å²) in [5, 5.41) is 22.1. The Labute approximate surface area is 206 Å². The number of allylic oxidation sites excluding steroid dienone is 2. The zero-order valence-electron chi connectivity index (χ0n) is 21.0. The number of ether oxygens (including phenoxy) is 1. The molecule has 1 aliphatic rings. The maximum Gasteiger partial charge on any atom is 0.411 e. The lowest BCUT2D eigenvalue weighted by Gasteiger charge is -2.28. The quantitative estimate of drug-likeness (QED) is 0.108. The Balaban J connectivity index is 3.02. The summed E-state index contributed by atoms with van der Waals surface area (Å²) in [5.41, 5.74) is 5.42. The average Bonchev–Trinajstić information content (AvgIpc) is 3.26. The molecule has 0 heterocycles. The molecule has 0 aromatic carbocycles. The van der Waals surface area contributed by atoms with E-state index >= 15 is 0 Å². The molecule has 8 nitrogen and oxygen atoms in total. The van der Waals surface area contributed by atoms with E-state index in [0.717, 1.165) is 44.8 Å². The van der Waals surface area contributed by atoms with Crippen LogP contribution in [0.1, 0.15) is 52.4 Å². The van der Waals surface area contributed by atoms with Crippen LogP contribution in [0.25, 0.3) is 0 Å². The molecule has 0 spiro atoms. The molecule has 1 aliphatic carbocycles. The number of unbranched alkanes of at least 4 members (excludes halogenated alkanes) is 1. The Morgan fingerprint density at radius 1 is 1.26 bits per heavy atom. The zero-order valence-corrected chi connectivity index (χ0v) is 21.0. The van der Waals surface area contributed by atoms with Crippen molar-refractivity contribution in [2.75, 3.05) is 26.7 Å². The highest BCUT2D eigenvalue weighted by molar-refractivity contribution is 5.81. The van der Waals surface area contributed by atoms with Crippen LogP contribution in [0.3, 0.4) is 0 Å². The van der Waals surface area contributed by atoms with Gasteiger partial charge >= 0.3 is 6.18 Å². The lowest BCUT2D eigenvalue weighted by molar-refractivity contribution is -0.0800. The smallest absolute Gasteiger partial charge is 0.371 e. The van der Waals surface area contributed by atoms with E-state index in [2.05, 4.69) is 38.9 Å². The molecule has 35 heavy (non-hydrogen) atoms. The standard InChI is InChI=1S/C24H40F3N7O/c1-5-21(30-6-2)20(16-29)23(3,35-4)17-33-22(32-14-11-24(25,26)27)34-19-10-9-18(15-19)31-13-8-7-12-28/h6,11,14,18-19,30-31H,2,5,7-10,12-13,15,17,28H2,1,3-4H3,(H2,32,33,34)/b14-11+,21-20+/t18-,19-,23?/m0/s1. The molecule has 0 amide bonds. The summed E-state index contributed by atoms with van der Waals surface area (Å²) in [6.45, 7) is 8.81. The Bertz CT molecular complexity index is 789. The number of rotatable bonds is 14. The van der Waals surface area contributed by atoms with Crippen LogP contribution in [0, 0.1) is 11.3 Å². The number of nitrogens with two attached hydrogens (primary N) is 1. The predicted molar refractivity (Wildman–Crippen MR) is 133 cm³/mol. The van der Waals surface area contributed by atoms with E-state index in [1.807, 2.05) is 6.92 Å². The molecule has 0 aromatic rings. The van der Waals surface area contributed by atoms with E-state index in [0.29, 0.717) is 30.3 Å². The fourth-order valence-electron chi connectivity index (χ4n) is 3.87. The monoisotopic (exact) mass is 499 g/mol.